The quantitative estimate of drug-likeness (QED) is 0.762. The number of aromatic amines is 1. The summed E-state index contributed by atoms with van der Waals surface area (Å²) in [6.07, 6.45) is 0.550. The summed E-state index contributed by atoms with van der Waals surface area (Å²) < 4.78 is 0. The number of aliphatic hydroxyl groups excluding tert-OH is 1. The van der Waals surface area contributed by atoms with Crippen LogP contribution in [-0.4, -0.2) is 28.6 Å². The van der Waals surface area contributed by atoms with Gasteiger partial charge in [-0.3, -0.25) is 4.79 Å². The molecule has 2 rings (SSSR count). The van der Waals surface area contributed by atoms with Crippen molar-refractivity contribution in [3.8, 4) is 6.07 Å². The van der Waals surface area contributed by atoms with Crippen molar-refractivity contribution >= 4 is 5.91 Å². The second-order valence-corrected chi connectivity index (χ2v) is 4.44. The molecule has 20 heavy (non-hydrogen) atoms. The summed E-state index contributed by atoms with van der Waals surface area (Å²) in [5.41, 5.74) is 1.68. The molecule has 0 saturated carbocycles. The number of nitriles is 1. The number of nitrogens with one attached hydrogen (secondary N) is 2. The molecule has 0 aliphatic heterocycles. The maximum absolute atomic E-state index is 12.0. The van der Waals surface area contributed by atoms with Gasteiger partial charge in [0.05, 0.1) is 12.6 Å². The van der Waals surface area contributed by atoms with Crippen molar-refractivity contribution in [2.75, 3.05) is 6.61 Å². The first-order valence-electron chi connectivity index (χ1n) is 6.27. The van der Waals surface area contributed by atoms with Crippen LogP contribution in [0.5, 0.6) is 0 Å². The molecule has 1 aromatic carbocycles. The van der Waals surface area contributed by atoms with E-state index < -0.39 is 0 Å². The second kappa shape index (κ2) is 6.55. The first-order chi connectivity index (χ1) is 9.72. The Morgan fingerprint density at radius 1 is 1.30 bits per heavy atom. The third-order valence-corrected chi connectivity index (χ3v) is 2.93. The highest BCUT2D eigenvalue weighted by atomic mass is 16.3. The van der Waals surface area contributed by atoms with Crippen LogP contribution in [0, 0.1) is 11.3 Å². The van der Waals surface area contributed by atoms with Crippen LogP contribution < -0.4 is 5.32 Å². The van der Waals surface area contributed by atoms with Crippen molar-refractivity contribution in [3.05, 3.63) is 59.4 Å². The molecule has 0 aliphatic carbocycles. The molecule has 5 heteroatoms. The molecular formula is C15H15N3O2. The van der Waals surface area contributed by atoms with E-state index in [-0.39, 0.29) is 18.6 Å². The highest BCUT2D eigenvalue weighted by Crippen LogP contribution is 2.05. The standard InChI is InChI=1S/C15H15N3O2/c16-9-12-6-7-14(17-12)15(20)18-13(10-19)8-11-4-2-1-3-5-11/h1-7,13,17,19H,8,10H2,(H,18,20). The number of aromatic nitrogens is 1. The fraction of sp³-hybridized carbons (Fsp3) is 0.200. The maximum atomic E-state index is 12.0. The van der Waals surface area contributed by atoms with Gasteiger partial charge < -0.3 is 15.4 Å². The average Bonchev–Trinajstić information content (AvgIpc) is 2.96. The second-order valence-electron chi connectivity index (χ2n) is 4.44. The first kappa shape index (κ1) is 13.8. The average molecular weight is 269 g/mol. The van der Waals surface area contributed by atoms with Crippen molar-refractivity contribution in [3.63, 3.8) is 0 Å². The van der Waals surface area contributed by atoms with Crippen LogP contribution >= 0.6 is 0 Å². The van der Waals surface area contributed by atoms with Gasteiger partial charge in [0.15, 0.2) is 0 Å². The zero-order valence-electron chi connectivity index (χ0n) is 10.8. The van der Waals surface area contributed by atoms with Crippen LogP contribution in [0.1, 0.15) is 21.7 Å². The third-order valence-electron chi connectivity index (χ3n) is 2.93. The highest BCUT2D eigenvalue weighted by molar-refractivity contribution is 5.92. The summed E-state index contributed by atoms with van der Waals surface area (Å²) in [6.45, 7) is -0.146. The van der Waals surface area contributed by atoms with E-state index in [9.17, 15) is 9.90 Å². The number of amides is 1. The van der Waals surface area contributed by atoms with Gasteiger partial charge in [0, 0.05) is 0 Å². The number of hydrogen-bond donors (Lipinski definition) is 3. The molecule has 0 radical (unpaired) electrons. The largest absolute Gasteiger partial charge is 0.394 e. The van der Waals surface area contributed by atoms with E-state index in [1.165, 1.54) is 0 Å². The van der Waals surface area contributed by atoms with Crippen LogP contribution in [-0.2, 0) is 6.42 Å². The van der Waals surface area contributed by atoms with E-state index in [0.717, 1.165) is 5.56 Å². The molecule has 1 aromatic heterocycles. The molecule has 0 saturated heterocycles. The minimum Gasteiger partial charge on any atom is -0.394 e. The van der Waals surface area contributed by atoms with E-state index in [1.54, 1.807) is 12.1 Å². The number of H-pyrrole nitrogens is 1. The van der Waals surface area contributed by atoms with Crippen molar-refractivity contribution in [1.29, 1.82) is 5.26 Å². The fourth-order valence-electron chi connectivity index (χ4n) is 1.92. The van der Waals surface area contributed by atoms with Crippen molar-refractivity contribution < 1.29 is 9.90 Å². The molecule has 3 N–H and O–H groups in total. The van der Waals surface area contributed by atoms with Crippen molar-refractivity contribution in [2.45, 2.75) is 12.5 Å². The molecule has 0 bridgehead atoms. The topological polar surface area (TPSA) is 88.9 Å². The Labute approximate surface area is 116 Å². The molecule has 1 heterocycles. The maximum Gasteiger partial charge on any atom is 0.268 e. The first-order valence-corrected chi connectivity index (χ1v) is 6.27. The smallest absolute Gasteiger partial charge is 0.268 e. The number of rotatable bonds is 5. The summed E-state index contributed by atoms with van der Waals surface area (Å²) >= 11 is 0. The van der Waals surface area contributed by atoms with Crippen LogP contribution in [0.3, 0.4) is 0 Å². The van der Waals surface area contributed by atoms with E-state index in [0.29, 0.717) is 17.8 Å². The molecule has 102 valence electrons. The molecule has 1 unspecified atom stereocenters. The lowest BCUT2D eigenvalue weighted by Gasteiger charge is -2.15. The number of carbonyl (C=O) groups excluding carboxylic acids is 1. The van der Waals surface area contributed by atoms with Gasteiger partial charge in [0.25, 0.3) is 5.91 Å². The van der Waals surface area contributed by atoms with Crippen LogP contribution in [0.25, 0.3) is 0 Å². The Kier molecular flexibility index (Phi) is 4.53. The minimum atomic E-state index is -0.362. The molecular weight excluding hydrogens is 254 g/mol. The lowest BCUT2D eigenvalue weighted by Crippen LogP contribution is -2.39. The van der Waals surface area contributed by atoms with Gasteiger partial charge in [-0.15, -0.1) is 0 Å². The SMILES string of the molecule is N#Cc1ccc(C(=O)NC(CO)Cc2ccccc2)[nH]1. The van der Waals surface area contributed by atoms with E-state index >= 15 is 0 Å². The Bertz CT molecular complexity index is 614. The monoisotopic (exact) mass is 269 g/mol. The van der Waals surface area contributed by atoms with Gasteiger partial charge in [0.1, 0.15) is 17.5 Å². The number of nitrogens with zero attached hydrogens (tertiary/aromatic N) is 1. The van der Waals surface area contributed by atoms with E-state index in [1.807, 2.05) is 36.4 Å². The Hall–Kier alpha value is -2.58. The van der Waals surface area contributed by atoms with Crippen LogP contribution in [0.4, 0.5) is 0 Å². The molecule has 5 nitrogen and oxygen atoms in total. The predicted octanol–water partition coefficient (Wildman–Crippen LogP) is 1.22. The molecule has 1 amide bonds. The Morgan fingerprint density at radius 2 is 2.05 bits per heavy atom. The van der Waals surface area contributed by atoms with Crippen molar-refractivity contribution in [2.24, 2.45) is 0 Å². The number of aliphatic hydroxyl groups is 1. The Balaban J connectivity index is 1.99. The van der Waals surface area contributed by atoms with Gasteiger partial charge in [-0.2, -0.15) is 5.26 Å². The zero-order chi connectivity index (χ0) is 14.4. The molecule has 0 aliphatic rings. The summed E-state index contributed by atoms with van der Waals surface area (Å²) in [6, 6.07) is 14.3. The van der Waals surface area contributed by atoms with E-state index in [2.05, 4.69) is 10.3 Å². The summed E-state index contributed by atoms with van der Waals surface area (Å²) in [5.74, 6) is -0.332. The lowest BCUT2D eigenvalue weighted by molar-refractivity contribution is 0.0912. The summed E-state index contributed by atoms with van der Waals surface area (Å²) in [4.78, 5) is 14.7. The van der Waals surface area contributed by atoms with Crippen molar-refractivity contribution in [1.82, 2.24) is 10.3 Å². The van der Waals surface area contributed by atoms with Gasteiger partial charge in [-0.05, 0) is 24.1 Å². The number of carbonyl (C=O) groups is 1. The predicted molar refractivity (Wildman–Crippen MR) is 74.0 cm³/mol. The molecule has 0 fully saturated rings. The minimum absolute atomic E-state index is 0.146. The van der Waals surface area contributed by atoms with Gasteiger partial charge in [0.2, 0.25) is 0 Å². The van der Waals surface area contributed by atoms with Gasteiger partial charge >= 0.3 is 0 Å². The Morgan fingerprint density at radius 3 is 2.65 bits per heavy atom. The molecule has 0 spiro atoms. The van der Waals surface area contributed by atoms with Crippen LogP contribution in [0.15, 0.2) is 42.5 Å². The molecule has 1 atom stereocenters. The fourth-order valence-corrected chi connectivity index (χ4v) is 1.92. The summed E-state index contributed by atoms with van der Waals surface area (Å²) in [7, 11) is 0. The zero-order valence-corrected chi connectivity index (χ0v) is 10.8. The molecule has 2 aromatic rings. The van der Waals surface area contributed by atoms with Crippen LogP contribution in [0.2, 0.25) is 0 Å². The highest BCUT2D eigenvalue weighted by Gasteiger charge is 2.14. The third kappa shape index (κ3) is 3.46. The lowest BCUT2D eigenvalue weighted by atomic mass is 10.1. The number of benzene rings is 1. The summed E-state index contributed by atoms with van der Waals surface area (Å²) in [5, 5.41) is 20.8. The normalized spacial score (nSPS) is 11.6. The number of hydrogen-bond acceptors (Lipinski definition) is 3. The van der Waals surface area contributed by atoms with Gasteiger partial charge in [-0.1, -0.05) is 30.3 Å². The van der Waals surface area contributed by atoms with Gasteiger partial charge in [-0.25, -0.2) is 0 Å². The van der Waals surface area contributed by atoms with E-state index in [4.69, 9.17) is 5.26 Å².